The van der Waals surface area contributed by atoms with E-state index in [1.165, 1.54) is 33.5 Å². The molecule has 0 atom stereocenters. The summed E-state index contributed by atoms with van der Waals surface area (Å²) in [6.07, 6.45) is 7.72. The molecule has 2 heteroatoms. The van der Waals surface area contributed by atoms with Crippen LogP contribution in [0.15, 0.2) is 60.7 Å². The molecule has 0 N–H and O–H groups in total. The van der Waals surface area contributed by atoms with Crippen molar-refractivity contribution < 1.29 is 4.79 Å². The summed E-state index contributed by atoms with van der Waals surface area (Å²) < 4.78 is 0. The number of rotatable bonds is 2. The van der Waals surface area contributed by atoms with E-state index < -0.39 is 0 Å². The SMILES string of the molecule is CC(C)(C)c1ccc(N2c3ccc(C=O)cc3C(C)(C)c3c2ccc2c3C=CCC2)cc1. The highest BCUT2D eigenvalue weighted by Crippen LogP contribution is 2.54. The van der Waals surface area contributed by atoms with Crippen molar-refractivity contribution in [1.29, 1.82) is 0 Å². The maximum Gasteiger partial charge on any atom is 0.150 e. The van der Waals surface area contributed by atoms with Crippen LogP contribution in [-0.4, -0.2) is 6.29 Å². The molecule has 162 valence electrons. The van der Waals surface area contributed by atoms with Crippen molar-refractivity contribution in [2.75, 3.05) is 4.90 Å². The van der Waals surface area contributed by atoms with Crippen LogP contribution in [0.3, 0.4) is 0 Å². The lowest BCUT2D eigenvalue weighted by Gasteiger charge is -2.44. The zero-order valence-electron chi connectivity index (χ0n) is 19.7. The first-order chi connectivity index (χ1) is 15.2. The monoisotopic (exact) mass is 421 g/mol. The second-order valence-corrected chi connectivity index (χ2v) is 10.6. The Bertz CT molecular complexity index is 1240. The van der Waals surface area contributed by atoms with Gasteiger partial charge in [-0.1, -0.05) is 65.0 Å². The van der Waals surface area contributed by atoms with Gasteiger partial charge in [0.05, 0.1) is 11.4 Å². The Balaban J connectivity index is 1.79. The van der Waals surface area contributed by atoms with E-state index in [0.717, 1.165) is 36.1 Å². The summed E-state index contributed by atoms with van der Waals surface area (Å²) in [5.41, 5.74) is 10.8. The van der Waals surface area contributed by atoms with E-state index in [0.29, 0.717) is 0 Å². The second kappa shape index (κ2) is 7.20. The number of allylic oxidation sites excluding steroid dienone is 1. The number of hydrogen-bond donors (Lipinski definition) is 0. The zero-order chi connectivity index (χ0) is 22.7. The van der Waals surface area contributed by atoms with Crippen LogP contribution in [0.5, 0.6) is 0 Å². The highest BCUT2D eigenvalue weighted by Gasteiger charge is 2.39. The van der Waals surface area contributed by atoms with Gasteiger partial charge in [0.1, 0.15) is 6.29 Å². The average molecular weight is 422 g/mol. The summed E-state index contributed by atoms with van der Waals surface area (Å²) in [4.78, 5) is 14.0. The van der Waals surface area contributed by atoms with Gasteiger partial charge in [-0.15, -0.1) is 0 Å². The van der Waals surface area contributed by atoms with Crippen molar-refractivity contribution in [2.45, 2.75) is 58.3 Å². The van der Waals surface area contributed by atoms with E-state index >= 15 is 0 Å². The molecule has 32 heavy (non-hydrogen) atoms. The van der Waals surface area contributed by atoms with Crippen molar-refractivity contribution in [3.8, 4) is 0 Å². The standard InChI is InChI=1S/C30H31NO/c1-29(2,3)22-12-14-23(15-13-22)31-26-16-10-20(19-32)18-25(26)30(4,5)28-24-9-7-6-8-21(24)11-17-27(28)31/h7,9-19H,6,8H2,1-5H3. The fraction of sp³-hybridized carbons (Fsp3) is 0.300. The molecular weight excluding hydrogens is 390 g/mol. The number of aryl methyl sites for hydroxylation is 1. The van der Waals surface area contributed by atoms with Crippen LogP contribution in [0.2, 0.25) is 0 Å². The highest BCUT2D eigenvalue weighted by molar-refractivity contribution is 5.90. The summed E-state index contributed by atoms with van der Waals surface area (Å²) in [5.74, 6) is 0. The number of benzene rings is 3. The maximum absolute atomic E-state index is 11.6. The normalized spacial score (nSPS) is 16.2. The van der Waals surface area contributed by atoms with Crippen LogP contribution in [0.25, 0.3) is 6.08 Å². The molecule has 0 saturated carbocycles. The minimum absolute atomic E-state index is 0.112. The van der Waals surface area contributed by atoms with Crippen molar-refractivity contribution in [3.63, 3.8) is 0 Å². The fourth-order valence-corrected chi connectivity index (χ4v) is 5.32. The van der Waals surface area contributed by atoms with Gasteiger partial charge in [0.15, 0.2) is 0 Å². The van der Waals surface area contributed by atoms with E-state index in [2.05, 4.69) is 100 Å². The summed E-state index contributed by atoms with van der Waals surface area (Å²) in [5, 5.41) is 0. The van der Waals surface area contributed by atoms with Crippen LogP contribution in [0.4, 0.5) is 17.1 Å². The van der Waals surface area contributed by atoms with Crippen LogP contribution >= 0.6 is 0 Å². The average Bonchev–Trinajstić information content (AvgIpc) is 2.78. The van der Waals surface area contributed by atoms with Crippen LogP contribution in [-0.2, 0) is 17.3 Å². The lowest BCUT2D eigenvalue weighted by atomic mass is 9.70. The van der Waals surface area contributed by atoms with E-state index in [4.69, 9.17) is 0 Å². The molecule has 0 spiro atoms. The minimum atomic E-state index is -0.210. The van der Waals surface area contributed by atoms with Crippen LogP contribution < -0.4 is 4.90 Å². The third-order valence-corrected chi connectivity index (χ3v) is 7.11. The number of carbonyl (C=O) groups is 1. The quantitative estimate of drug-likeness (QED) is 0.392. The molecule has 0 amide bonds. The molecular formula is C30H31NO. The molecule has 0 aromatic heterocycles. The molecule has 3 aromatic rings. The maximum atomic E-state index is 11.6. The first kappa shape index (κ1) is 20.8. The Labute approximate surface area is 191 Å². The lowest BCUT2D eigenvalue weighted by molar-refractivity contribution is 0.112. The first-order valence-electron chi connectivity index (χ1n) is 11.5. The molecule has 3 aromatic carbocycles. The lowest BCUT2D eigenvalue weighted by Crippen LogP contribution is -2.32. The van der Waals surface area contributed by atoms with Crippen molar-refractivity contribution in [1.82, 2.24) is 0 Å². The highest BCUT2D eigenvalue weighted by atomic mass is 16.1. The molecule has 0 radical (unpaired) electrons. The van der Waals surface area contributed by atoms with Crippen LogP contribution in [0.1, 0.15) is 79.2 Å². The van der Waals surface area contributed by atoms with Gasteiger partial charge < -0.3 is 4.90 Å². The fourth-order valence-electron chi connectivity index (χ4n) is 5.32. The van der Waals surface area contributed by atoms with Gasteiger partial charge in [-0.25, -0.2) is 0 Å². The van der Waals surface area contributed by atoms with E-state index in [-0.39, 0.29) is 10.8 Å². The Kier molecular flexibility index (Phi) is 4.67. The Morgan fingerprint density at radius 3 is 2.34 bits per heavy atom. The summed E-state index contributed by atoms with van der Waals surface area (Å²) in [7, 11) is 0. The Morgan fingerprint density at radius 2 is 1.66 bits per heavy atom. The summed E-state index contributed by atoms with van der Waals surface area (Å²) in [6, 6.07) is 19.7. The molecule has 2 nitrogen and oxygen atoms in total. The van der Waals surface area contributed by atoms with Crippen LogP contribution in [0, 0.1) is 0 Å². The molecule has 1 heterocycles. The summed E-state index contributed by atoms with van der Waals surface area (Å²) >= 11 is 0. The number of fused-ring (bicyclic) bond motifs is 4. The number of aldehydes is 1. The number of nitrogens with zero attached hydrogens (tertiary/aromatic N) is 1. The van der Waals surface area contributed by atoms with Crippen molar-refractivity contribution >= 4 is 29.4 Å². The molecule has 2 aliphatic rings. The second-order valence-electron chi connectivity index (χ2n) is 10.6. The largest absolute Gasteiger partial charge is 0.310 e. The van der Waals surface area contributed by atoms with Crippen molar-refractivity contribution in [3.05, 3.63) is 94.1 Å². The molecule has 0 saturated heterocycles. The first-order valence-corrected chi connectivity index (χ1v) is 11.5. The molecule has 0 unspecified atom stereocenters. The molecule has 1 aliphatic carbocycles. The predicted molar refractivity (Wildman–Crippen MR) is 135 cm³/mol. The topological polar surface area (TPSA) is 20.3 Å². The van der Waals surface area contributed by atoms with Gasteiger partial charge in [-0.05, 0) is 82.5 Å². The van der Waals surface area contributed by atoms with E-state index in [9.17, 15) is 4.79 Å². The van der Waals surface area contributed by atoms with Gasteiger partial charge in [-0.3, -0.25) is 4.79 Å². The molecule has 1 aliphatic heterocycles. The Morgan fingerprint density at radius 1 is 0.938 bits per heavy atom. The third kappa shape index (κ3) is 3.12. The van der Waals surface area contributed by atoms with Crippen molar-refractivity contribution in [2.24, 2.45) is 0 Å². The van der Waals surface area contributed by atoms with E-state index in [1.54, 1.807) is 0 Å². The minimum Gasteiger partial charge on any atom is -0.310 e. The zero-order valence-corrected chi connectivity index (χ0v) is 19.7. The number of carbonyl (C=O) groups excluding carboxylic acids is 1. The molecule has 5 rings (SSSR count). The van der Waals surface area contributed by atoms with Gasteiger partial charge >= 0.3 is 0 Å². The Hall–Kier alpha value is -3.13. The van der Waals surface area contributed by atoms with Gasteiger partial charge in [0, 0.05) is 16.7 Å². The van der Waals surface area contributed by atoms with Gasteiger partial charge in [-0.2, -0.15) is 0 Å². The number of anilines is 3. The third-order valence-electron chi connectivity index (χ3n) is 7.11. The smallest absolute Gasteiger partial charge is 0.150 e. The molecule has 0 bridgehead atoms. The summed E-state index contributed by atoms with van der Waals surface area (Å²) in [6.45, 7) is 11.3. The van der Waals surface area contributed by atoms with E-state index in [1.807, 2.05) is 6.07 Å². The molecule has 0 fully saturated rings. The van der Waals surface area contributed by atoms with Gasteiger partial charge in [0.25, 0.3) is 0 Å². The predicted octanol–water partition coefficient (Wildman–Crippen LogP) is 7.87. The van der Waals surface area contributed by atoms with Gasteiger partial charge in [0.2, 0.25) is 0 Å². The number of hydrogen-bond acceptors (Lipinski definition) is 2.